The molecule has 0 atom stereocenters. The zero-order chi connectivity index (χ0) is 17.6. The van der Waals surface area contributed by atoms with Gasteiger partial charge in [-0.15, -0.1) is 5.10 Å². The summed E-state index contributed by atoms with van der Waals surface area (Å²) in [5.41, 5.74) is 1.27. The summed E-state index contributed by atoms with van der Waals surface area (Å²) < 4.78 is 27.5. The number of hydrogen-bond acceptors (Lipinski definition) is 5. The molecule has 3 aromatic rings. The molecular weight excluding hydrogens is 348 g/mol. The van der Waals surface area contributed by atoms with Crippen LogP contribution in [0.3, 0.4) is 0 Å². The number of carbonyl (C=O) groups excluding carboxylic acids is 1. The lowest BCUT2D eigenvalue weighted by Crippen LogP contribution is -2.24. The molecule has 0 bridgehead atoms. The van der Waals surface area contributed by atoms with E-state index in [0.29, 0.717) is 17.4 Å². The second kappa shape index (κ2) is 7.84. The van der Waals surface area contributed by atoms with Crippen molar-refractivity contribution in [3.63, 3.8) is 0 Å². The highest BCUT2D eigenvalue weighted by Crippen LogP contribution is 2.18. The van der Waals surface area contributed by atoms with Gasteiger partial charge in [-0.25, -0.2) is 8.78 Å². The first-order valence-electron chi connectivity index (χ1n) is 7.30. The second-order valence-corrected chi connectivity index (χ2v) is 5.99. The van der Waals surface area contributed by atoms with Gasteiger partial charge in [0.05, 0.1) is 11.4 Å². The topological polar surface area (TPSA) is 72.7 Å². The predicted octanol–water partition coefficient (Wildman–Crippen LogP) is 2.35. The number of carbonyl (C=O) groups is 1. The molecule has 3 rings (SSSR count). The van der Waals surface area contributed by atoms with E-state index in [2.05, 4.69) is 20.8 Å². The Balaban J connectivity index is 1.56. The van der Waals surface area contributed by atoms with E-state index < -0.39 is 5.82 Å². The zero-order valence-electron chi connectivity index (χ0n) is 12.9. The third-order valence-corrected chi connectivity index (χ3v) is 4.15. The minimum atomic E-state index is -0.402. The molecule has 0 aliphatic heterocycles. The van der Waals surface area contributed by atoms with Crippen LogP contribution in [-0.4, -0.2) is 31.9 Å². The Hall–Kier alpha value is -2.81. The number of rotatable bonds is 6. The first-order chi connectivity index (χ1) is 12.1. The highest BCUT2D eigenvalue weighted by Gasteiger charge is 2.12. The molecule has 9 heteroatoms. The van der Waals surface area contributed by atoms with Crippen LogP contribution in [0.25, 0.3) is 5.69 Å². The van der Waals surface area contributed by atoms with Crippen molar-refractivity contribution in [2.45, 2.75) is 11.7 Å². The van der Waals surface area contributed by atoms with Crippen molar-refractivity contribution >= 4 is 17.7 Å². The van der Waals surface area contributed by atoms with E-state index in [1.165, 1.54) is 28.9 Å². The van der Waals surface area contributed by atoms with Crippen LogP contribution in [0.4, 0.5) is 8.78 Å². The Morgan fingerprint density at radius 1 is 1.12 bits per heavy atom. The Kier molecular flexibility index (Phi) is 5.34. The van der Waals surface area contributed by atoms with Crippen molar-refractivity contribution in [1.29, 1.82) is 0 Å². The summed E-state index contributed by atoms with van der Waals surface area (Å²) in [6, 6.07) is 11.7. The first-order valence-corrected chi connectivity index (χ1v) is 8.28. The van der Waals surface area contributed by atoms with E-state index >= 15 is 0 Å². The largest absolute Gasteiger partial charge is 0.351 e. The molecular formula is C16H13F2N5OS. The van der Waals surface area contributed by atoms with Gasteiger partial charge in [-0.1, -0.05) is 30.0 Å². The van der Waals surface area contributed by atoms with Crippen LogP contribution in [0.1, 0.15) is 5.56 Å². The maximum Gasteiger partial charge on any atom is 0.230 e. The monoisotopic (exact) mass is 361 g/mol. The number of benzene rings is 2. The molecule has 2 aromatic carbocycles. The number of aromatic nitrogens is 4. The van der Waals surface area contributed by atoms with Gasteiger partial charge < -0.3 is 5.32 Å². The summed E-state index contributed by atoms with van der Waals surface area (Å²) in [5, 5.41) is 14.3. The molecule has 1 aromatic heterocycles. The fourth-order valence-corrected chi connectivity index (χ4v) is 2.74. The average molecular weight is 361 g/mol. The molecule has 0 saturated carbocycles. The van der Waals surface area contributed by atoms with Crippen molar-refractivity contribution in [3.8, 4) is 5.69 Å². The lowest BCUT2D eigenvalue weighted by Gasteiger charge is -2.06. The Morgan fingerprint density at radius 3 is 2.68 bits per heavy atom. The predicted molar refractivity (Wildman–Crippen MR) is 88.1 cm³/mol. The van der Waals surface area contributed by atoms with Crippen molar-refractivity contribution in [1.82, 2.24) is 25.5 Å². The third kappa shape index (κ3) is 4.60. The molecule has 0 aliphatic carbocycles. The molecule has 1 N–H and O–H groups in total. The van der Waals surface area contributed by atoms with Crippen LogP contribution in [0, 0.1) is 11.6 Å². The summed E-state index contributed by atoms with van der Waals surface area (Å²) >= 11 is 1.13. The number of nitrogens with one attached hydrogen (secondary N) is 1. The van der Waals surface area contributed by atoms with Crippen LogP contribution >= 0.6 is 11.8 Å². The smallest absolute Gasteiger partial charge is 0.230 e. The molecule has 0 fully saturated rings. The van der Waals surface area contributed by atoms with E-state index in [1.54, 1.807) is 24.3 Å². The van der Waals surface area contributed by atoms with E-state index in [-0.39, 0.29) is 17.5 Å². The molecule has 25 heavy (non-hydrogen) atoms. The van der Waals surface area contributed by atoms with Gasteiger partial charge in [0.25, 0.3) is 0 Å². The van der Waals surface area contributed by atoms with Crippen molar-refractivity contribution in [2.75, 3.05) is 5.75 Å². The van der Waals surface area contributed by atoms with E-state index in [9.17, 15) is 13.6 Å². The minimum absolute atomic E-state index is 0.0941. The van der Waals surface area contributed by atoms with Crippen molar-refractivity contribution in [2.24, 2.45) is 0 Å². The number of amides is 1. The molecule has 6 nitrogen and oxygen atoms in total. The summed E-state index contributed by atoms with van der Waals surface area (Å²) in [6.45, 7) is 0.300. The SMILES string of the molecule is O=C(CSc1nnnn1-c1cccc(F)c1)NCc1ccc(F)cc1. The van der Waals surface area contributed by atoms with Crippen LogP contribution in [-0.2, 0) is 11.3 Å². The summed E-state index contributed by atoms with van der Waals surface area (Å²) in [4.78, 5) is 11.9. The Morgan fingerprint density at radius 2 is 1.92 bits per heavy atom. The first kappa shape index (κ1) is 17.0. The summed E-state index contributed by atoms with van der Waals surface area (Å²) in [7, 11) is 0. The number of hydrogen-bond donors (Lipinski definition) is 1. The van der Waals surface area contributed by atoms with Gasteiger partial charge in [0.2, 0.25) is 11.1 Å². The van der Waals surface area contributed by atoms with Gasteiger partial charge >= 0.3 is 0 Å². The zero-order valence-corrected chi connectivity index (χ0v) is 13.7. The minimum Gasteiger partial charge on any atom is -0.351 e. The molecule has 128 valence electrons. The number of tetrazole rings is 1. The van der Waals surface area contributed by atoms with Gasteiger partial charge in [-0.2, -0.15) is 4.68 Å². The van der Waals surface area contributed by atoms with E-state index in [4.69, 9.17) is 0 Å². The maximum absolute atomic E-state index is 13.3. The van der Waals surface area contributed by atoms with E-state index in [0.717, 1.165) is 17.3 Å². The van der Waals surface area contributed by atoms with Crippen LogP contribution in [0.5, 0.6) is 0 Å². The molecule has 0 radical (unpaired) electrons. The number of halogens is 2. The highest BCUT2D eigenvalue weighted by molar-refractivity contribution is 7.99. The molecule has 0 saturated heterocycles. The normalized spacial score (nSPS) is 10.6. The fraction of sp³-hybridized carbons (Fsp3) is 0.125. The van der Waals surface area contributed by atoms with Gasteiger partial charge in [-0.05, 0) is 46.3 Å². The Bertz CT molecular complexity index is 869. The molecule has 0 unspecified atom stereocenters. The standard InChI is InChI=1S/C16H13F2N5OS/c17-12-6-4-11(5-7-12)9-19-15(24)10-25-16-20-21-22-23(16)14-3-1-2-13(18)8-14/h1-8H,9-10H2,(H,19,24). The van der Waals surface area contributed by atoms with Gasteiger partial charge in [0.15, 0.2) is 0 Å². The van der Waals surface area contributed by atoms with Crippen LogP contribution in [0.2, 0.25) is 0 Å². The Labute approximate surface area is 146 Å². The van der Waals surface area contributed by atoms with Crippen LogP contribution in [0.15, 0.2) is 53.7 Å². The lowest BCUT2D eigenvalue weighted by atomic mass is 10.2. The van der Waals surface area contributed by atoms with Crippen molar-refractivity contribution in [3.05, 3.63) is 65.7 Å². The number of thioether (sulfide) groups is 1. The van der Waals surface area contributed by atoms with Gasteiger partial charge in [0, 0.05) is 6.54 Å². The third-order valence-electron chi connectivity index (χ3n) is 3.23. The van der Waals surface area contributed by atoms with Crippen LogP contribution < -0.4 is 5.32 Å². The van der Waals surface area contributed by atoms with E-state index in [1.807, 2.05) is 0 Å². The van der Waals surface area contributed by atoms with Crippen molar-refractivity contribution < 1.29 is 13.6 Å². The average Bonchev–Trinajstić information content (AvgIpc) is 3.08. The number of nitrogens with zero attached hydrogens (tertiary/aromatic N) is 4. The summed E-state index contributed by atoms with van der Waals surface area (Å²) in [6.07, 6.45) is 0. The quantitative estimate of drug-likeness (QED) is 0.683. The van der Waals surface area contributed by atoms with Gasteiger partial charge in [0.1, 0.15) is 11.6 Å². The lowest BCUT2D eigenvalue weighted by molar-refractivity contribution is -0.118. The fourth-order valence-electron chi connectivity index (χ4n) is 2.02. The molecule has 1 amide bonds. The molecule has 0 aliphatic rings. The maximum atomic E-state index is 13.3. The molecule has 1 heterocycles. The molecule has 0 spiro atoms. The summed E-state index contributed by atoms with van der Waals surface area (Å²) in [5.74, 6) is -0.851. The second-order valence-electron chi connectivity index (χ2n) is 5.05. The highest BCUT2D eigenvalue weighted by atomic mass is 32.2. The van der Waals surface area contributed by atoms with Gasteiger partial charge in [-0.3, -0.25) is 4.79 Å².